The maximum atomic E-state index is 5.49. The van der Waals surface area contributed by atoms with E-state index in [0.29, 0.717) is 0 Å². The van der Waals surface area contributed by atoms with E-state index in [1.165, 1.54) is 16.7 Å². The monoisotopic (exact) mass is 277 g/mol. The predicted molar refractivity (Wildman–Crippen MR) is 90.7 cm³/mol. The third kappa shape index (κ3) is 2.57. The van der Waals surface area contributed by atoms with Gasteiger partial charge in [-0.15, -0.1) is 0 Å². The van der Waals surface area contributed by atoms with Crippen molar-refractivity contribution in [2.75, 3.05) is 26.1 Å². The Bertz CT molecular complexity index is 726. The van der Waals surface area contributed by atoms with Crippen LogP contribution in [0.2, 0.25) is 0 Å². The van der Waals surface area contributed by atoms with Gasteiger partial charge >= 0.3 is 0 Å². The van der Waals surface area contributed by atoms with Gasteiger partial charge in [0.05, 0.1) is 12.8 Å². The Morgan fingerprint density at radius 1 is 1.00 bits per heavy atom. The molecule has 0 fully saturated rings. The van der Waals surface area contributed by atoms with Crippen molar-refractivity contribution in [1.29, 1.82) is 0 Å². The number of ether oxygens (including phenoxy) is 1. The molecule has 0 atom stereocenters. The quantitative estimate of drug-likeness (QED) is 0.828. The number of allylic oxidation sites excluding steroid dienone is 2. The van der Waals surface area contributed by atoms with E-state index in [-0.39, 0.29) is 0 Å². The van der Waals surface area contributed by atoms with Gasteiger partial charge in [-0.2, -0.15) is 0 Å². The molecule has 0 amide bonds. The highest BCUT2D eigenvalue weighted by Crippen LogP contribution is 2.33. The molecular formula is C19H19NO. The van der Waals surface area contributed by atoms with Gasteiger partial charge in [-0.25, -0.2) is 0 Å². The Balaban J connectivity index is 2.00. The molecule has 0 saturated carbocycles. The minimum atomic E-state index is 0.893. The van der Waals surface area contributed by atoms with Crippen molar-refractivity contribution in [2.45, 2.75) is 0 Å². The second kappa shape index (κ2) is 5.49. The van der Waals surface area contributed by atoms with E-state index in [2.05, 4.69) is 65.6 Å². The molecule has 2 heteroatoms. The largest absolute Gasteiger partial charge is 0.495 e. The average molecular weight is 277 g/mol. The van der Waals surface area contributed by atoms with Gasteiger partial charge in [-0.05, 0) is 40.5 Å². The second-order valence-corrected chi connectivity index (χ2v) is 5.35. The Morgan fingerprint density at radius 2 is 1.81 bits per heavy atom. The molecule has 0 bridgehead atoms. The normalized spacial score (nSPS) is 14.3. The van der Waals surface area contributed by atoms with Gasteiger partial charge in [0.2, 0.25) is 0 Å². The van der Waals surface area contributed by atoms with Crippen LogP contribution in [0.5, 0.6) is 5.75 Å². The van der Waals surface area contributed by atoms with Crippen LogP contribution < -0.4 is 9.64 Å². The lowest BCUT2D eigenvalue weighted by Gasteiger charge is -2.17. The van der Waals surface area contributed by atoms with Gasteiger partial charge in [-0.1, -0.05) is 42.5 Å². The Hall–Kier alpha value is -2.48. The van der Waals surface area contributed by atoms with Crippen molar-refractivity contribution in [3.8, 4) is 5.75 Å². The molecule has 1 aliphatic rings. The van der Waals surface area contributed by atoms with E-state index in [9.17, 15) is 0 Å². The molecule has 106 valence electrons. The molecule has 3 rings (SSSR count). The van der Waals surface area contributed by atoms with Crippen LogP contribution in [0.3, 0.4) is 0 Å². The van der Waals surface area contributed by atoms with Crippen molar-refractivity contribution < 1.29 is 4.74 Å². The number of rotatable bonds is 3. The summed E-state index contributed by atoms with van der Waals surface area (Å²) >= 11 is 0. The third-order valence-electron chi connectivity index (χ3n) is 3.72. The number of nitrogens with zero attached hydrogens (tertiary/aromatic N) is 1. The fourth-order valence-electron chi connectivity index (χ4n) is 2.63. The summed E-state index contributed by atoms with van der Waals surface area (Å²) in [5.41, 5.74) is 6.04. The SMILES string of the molecule is COc1cc(/C=C2\C=Cc3ccccc32)ccc1N(C)C. The molecular weight excluding hydrogens is 258 g/mol. The van der Waals surface area contributed by atoms with Crippen molar-refractivity contribution >= 4 is 23.4 Å². The summed E-state index contributed by atoms with van der Waals surface area (Å²) in [7, 11) is 5.75. The first-order chi connectivity index (χ1) is 10.2. The van der Waals surface area contributed by atoms with Crippen LogP contribution in [-0.2, 0) is 0 Å². The van der Waals surface area contributed by atoms with Crippen molar-refractivity contribution in [3.63, 3.8) is 0 Å². The van der Waals surface area contributed by atoms with Crippen LogP contribution in [0, 0.1) is 0 Å². The fourth-order valence-corrected chi connectivity index (χ4v) is 2.63. The first kappa shape index (κ1) is 13.5. The molecule has 2 nitrogen and oxygen atoms in total. The molecule has 0 saturated heterocycles. The Morgan fingerprint density at radius 3 is 2.57 bits per heavy atom. The zero-order chi connectivity index (χ0) is 14.8. The third-order valence-corrected chi connectivity index (χ3v) is 3.72. The first-order valence-electron chi connectivity index (χ1n) is 7.03. The molecule has 0 N–H and O–H groups in total. The summed E-state index contributed by atoms with van der Waals surface area (Å²) in [6, 6.07) is 14.7. The van der Waals surface area contributed by atoms with Gasteiger partial charge in [0.15, 0.2) is 0 Å². The number of methoxy groups -OCH3 is 1. The molecule has 0 aromatic heterocycles. The maximum absolute atomic E-state index is 5.49. The van der Waals surface area contributed by atoms with E-state index in [0.717, 1.165) is 17.0 Å². The number of fused-ring (bicyclic) bond motifs is 1. The Labute approximate surface area is 126 Å². The zero-order valence-electron chi connectivity index (χ0n) is 12.6. The molecule has 2 aromatic rings. The molecule has 2 aromatic carbocycles. The van der Waals surface area contributed by atoms with Gasteiger partial charge in [0, 0.05) is 14.1 Å². The molecule has 0 spiro atoms. The summed E-state index contributed by atoms with van der Waals surface area (Å²) in [6.45, 7) is 0. The lowest BCUT2D eigenvalue weighted by Crippen LogP contribution is -2.10. The Kier molecular flexibility index (Phi) is 3.53. The lowest BCUT2D eigenvalue weighted by molar-refractivity contribution is 0.415. The highest BCUT2D eigenvalue weighted by molar-refractivity contribution is 5.97. The molecule has 21 heavy (non-hydrogen) atoms. The highest BCUT2D eigenvalue weighted by Gasteiger charge is 2.10. The first-order valence-corrected chi connectivity index (χ1v) is 7.03. The van der Waals surface area contributed by atoms with Crippen LogP contribution in [0.25, 0.3) is 17.7 Å². The second-order valence-electron chi connectivity index (χ2n) is 5.35. The van der Waals surface area contributed by atoms with Crippen LogP contribution in [0.15, 0.2) is 48.5 Å². The average Bonchev–Trinajstić information content (AvgIpc) is 2.90. The van der Waals surface area contributed by atoms with Crippen LogP contribution in [-0.4, -0.2) is 21.2 Å². The minimum Gasteiger partial charge on any atom is -0.495 e. The van der Waals surface area contributed by atoms with Crippen molar-refractivity contribution in [2.24, 2.45) is 0 Å². The summed E-state index contributed by atoms with van der Waals surface area (Å²) < 4.78 is 5.49. The zero-order valence-corrected chi connectivity index (χ0v) is 12.6. The molecule has 1 aliphatic carbocycles. The van der Waals surface area contributed by atoms with E-state index in [4.69, 9.17) is 4.74 Å². The topological polar surface area (TPSA) is 12.5 Å². The van der Waals surface area contributed by atoms with Crippen molar-refractivity contribution in [1.82, 2.24) is 0 Å². The van der Waals surface area contributed by atoms with Crippen LogP contribution in [0.4, 0.5) is 5.69 Å². The lowest BCUT2D eigenvalue weighted by atomic mass is 10.0. The van der Waals surface area contributed by atoms with Gasteiger partial charge in [0.1, 0.15) is 5.75 Å². The van der Waals surface area contributed by atoms with E-state index >= 15 is 0 Å². The summed E-state index contributed by atoms with van der Waals surface area (Å²) in [6.07, 6.45) is 6.52. The number of hydrogen-bond donors (Lipinski definition) is 0. The summed E-state index contributed by atoms with van der Waals surface area (Å²) in [5, 5.41) is 0. The minimum absolute atomic E-state index is 0.893. The molecule has 0 heterocycles. The smallest absolute Gasteiger partial charge is 0.142 e. The van der Waals surface area contributed by atoms with Gasteiger partial charge in [-0.3, -0.25) is 0 Å². The maximum Gasteiger partial charge on any atom is 0.142 e. The molecule has 0 radical (unpaired) electrons. The summed E-state index contributed by atoms with van der Waals surface area (Å²) in [5.74, 6) is 0.893. The van der Waals surface area contributed by atoms with E-state index in [1.807, 2.05) is 14.1 Å². The molecule has 0 unspecified atom stereocenters. The van der Waals surface area contributed by atoms with Gasteiger partial charge < -0.3 is 9.64 Å². The highest BCUT2D eigenvalue weighted by atomic mass is 16.5. The predicted octanol–water partition coefficient (Wildman–Crippen LogP) is 4.33. The van der Waals surface area contributed by atoms with Crippen LogP contribution in [0.1, 0.15) is 16.7 Å². The standard InChI is InChI=1S/C19H19NO/c1-20(2)18-11-8-14(13-19(18)21-3)12-16-10-9-15-6-4-5-7-17(15)16/h4-13H,1-3H3/b16-12+. The number of anilines is 1. The van der Waals surface area contributed by atoms with Gasteiger partial charge in [0.25, 0.3) is 0 Å². The van der Waals surface area contributed by atoms with E-state index < -0.39 is 0 Å². The van der Waals surface area contributed by atoms with E-state index in [1.54, 1.807) is 7.11 Å². The fraction of sp³-hybridized carbons (Fsp3) is 0.158. The number of hydrogen-bond acceptors (Lipinski definition) is 2. The molecule has 0 aliphatic heterocycles. The van der Waals surface area contributed by atoms with Crippen LogP contribution >= 0.6 is 0 Å². The number of benzene rings is 2. The summed E-state index contributed by atoms with van der Waals surface area (Å²) in [4.78, 5) is 2.06. The van der Waals surface area contributed by atoms with Crippen molar-refractivity contribution in [3.05, 3.63) is 65.2 Å².